The lowest BCUT2D eigenvalue weighted by atomic mass is 9.91. The zero-order chi connectivity index (χ0) is 11.1. The van der Waals surface area contributed by atoms with Crippen molar-refractivity contribution in [3.05, 3.63) is 16.6 Å². The van der Waals surface area contributed by atoms with Crippen LogP contribution in [0.2, 0.25) is 0 Å². The number of rotatable bonds is 4. The SMILES string of the molecule is c1ncc(CNCC2CCCCCCC2)s1. The largest absolute Gasteiger partial charge is 0.312 e. The van der Waals surface area contributed by atoms with Crippen molar-refractivity contribution in [2.75, 3.05) is 6.54 Å². The molecule has 0 saturated heterocycles. The van der Waals surface area contributed by atoms with Crippen molar-refractivity contribution in [2.45, 2.75) is 51.5 Å². The third kappa shape index (κ3) is 4.22. The second kappa shape index (κ2) is 7.02. The zero-order valence-corrected chi connectivity index (χ0v) is 10.8. The molecule has 0 aromatic carbocycles. The van der Waals surface area contributed by atoms with Gasteiger partial charge < -0.3 is 5.32 Å². The Kier molecular flexibility index (Phi) is 5.29. The van der Waals surface area contributed by atoms with Gasteiger partial charge in [-0.05, 0) is 25.3 Å². The molecule has 1 fully saturated rings. The van der Waals surface area contributed by atoms with Crippen LogP contribution in [0.15, 0.2) is 11.7 Å². The smallest absolute Gasteiger partial charge is 0.0794 e. The summed E-state index contributed by atoms with van der Waals surface area (Å²) in [6.07, 6.45) is 12.1. The van der Waals surface area contributed by atoms with E-state index in [-0.39, 0.29) is 0 Å². The van der Waals surface area contributed by atoms with Crippen molar-refractivity contribution in [1.29, 1.82) is 0 Å². The lowest BCUT2D eigenvalue weighted by Crippen LogP contribution is -2.22. The highest BCUT2D eigenvalue weighted by Crippen LogP contribution is 2.21. The highest BCUT2D eigenvalue weighted by molar-refractivity contribution is 7.09. The summed E-state index contributed by atoms with van der Waals surface area (Å²) < 4.78 is 0. The van der Waals surface area contributed by atoms with Gasteiger partial charge in [0.2, 0.25) is 0 Å². The monoisotopic (exact) mass is 238 g/mol. The average molecular weight is 238 g/mol. The molecular weight excluding hydrogens is 216 g/mol. The summed E-state index contributed by atoms with van der Waals surface area (Å²) in [7, 11) is 0. The summed E-state index contributed by atoms with van der Waals surface area (Å²) in [5.41, 5.74) is 1.91. The van der Waals surface area contributed by atoms with Crippen molar-refractivity contribution in [3.63, 3.8) is 0 Å². The molecule has 1 heterocycles. The molecule has 0 bridgehead atoms. The van der Waals surface area contributed by atoms with Crippen LogP contribution in [0.5, 0.6) is 0 Å². The molecule has 0 atom stereocenters. The van der Waals surface area contributed by atoms with E-state index in [1.165, 1.54) is 56.4 Å². The van der Waals surface area contributed by atoms with E-state index in [0.29, 0.717) is 0 Å². The fraction of sp³-hybridized carbons (Fsp3) is 0.769. The summed E-state index contributed by atoms with van der Waals surface area (Å²) in [5, 5.41) is 3.58. The standard InChI is InChI=1S/C13H22N2S/c1-2-4-6-12(7-5-3-1)8-14-9-13-10-15-11-16-13/h10-12,14H,1-9H2. The first-order chi connectivity index (χ1) is 7.95. The van der Waals surface area contributed by atoms with Crippen molar-refractivity contribution in [1.82, 2.24) is 10.3 Å². The third-order valence-corrected chi connectivity index (χ3v) is 4.22. The Labute approximate surface area is 102 Å². The number of hydrogen-bond donors (Lipinski definition) is 1. The maximum atomic E-state index is 4.09. The topological polar surface area (TPSA) is 24.9 Å². The maximum absolute atomic E-state index is 4.09. The van der Waals surface area contributed by atoms with Crippen LogP contribution in [0.3, 0.4) is 0 Å². The lowest BCUT2D eigenvalue weighted by Gasteiger charge is -2.19. The highest BCUT2D eigenvalue weighted by atomic mass is 32.1. The molecule has 1 aliphatic rings. The molecule has 2 nitrogen and oxygen atoms in total. The van der Waals surface area contributed by atoms with Crippen LogP contribution in [0.4, 0.5) is 0 Å². The van der Waals surface area contributed by atoms with Crippen molar-refractivity contribution < 1.29 is 0 Å². The molecule has 0 spiro atoms. The van der Waals surface area contributed by atoms with E-state index in [2.05, 4.69) is 10.3 Å². The zero-order valence-electron chi connectivity index (χ0n) is 9.95. The van der Waals surface area contributed by atoms with Gasteiger partial charge >= 0.3 is 0 Å². The molecule has 0 radical (unpaired) electrons. The van der Waals surface area contributed by atoms with E-state index >= 15 is 0 Å². The van der Waals surface area contributed by atoms with Crippen LogP contribution in [-0.2, 0) is 6.54 Å². The molecule has 90 valence electrons. The molecule has 0 aliphatic heterocycles. The Hall–Kier alpha value is -0.410. The predicted molar refractivity (Wildman–Crippen MR) is 69.6 cm³/mol. The van der Waals surface area contributed by atoms with Crippen LogP contribution in [-0.4, -0.2) is 11.5 Å². The minimum absolute atomic E-state index is 0.910. The van der Waals surface area contributed by atoms with Gasteiger partial charge in [-0.15, -0.1) is 11.3 Å². The van der Waals surface area contributed by atoms with Crippen LogP contribution in [0.1, 0.15) is 49.8 Å². The van der Waals surface area contributed by atoms with Crippen LogP contribution < -0.4 is 5.32 Å². The van der Waals surface area contributed by atoms with Gasteiger partial charge in [0.25, 0.3) is 0 Å². The van der Waals surface area contributed by atoms with Gasteiger partial charge in [0.15, 0.2) is 0 Å². The fourth-order valence-corrected chi connectivity index (χ4v) is 3.04. The summed E-state index contributed by atoms with van der Waals surface area (Å²) >= 11 is 1.74. The van der Waals surface area contributed by atoms with E-state index in [9.17, 15) is 0 Å². The molecule has 3 heteroatoms. The molecule has 16 heavy (non-hydrogen) atoms. The minimum Gasteiger partial charge on any atom is -0.312 e. The first kappa shape index (κ1) is 12.1. The van der Waals surface area contributed by atoms with Gasteiger partial charge in [-0.25, -0.2) is 0 Å². The Morgan fingerprint density at radius 1 is 1.19 bits per heavy atom. The van der Waals surface area contributed by atoms with Gasteiger partial charge in [0.05, 0.1) is 5.51 Å². The Morgan fingerprint density at radius 2 is 1.94 bits per heavy atom. The molecule has 1 saturated carbocycles. The maximum Gasteiger partial charge on any atom is 0.0794 e. The van der Waals surface area contributed by atoms with Crippen molar-refractivity contribution in [2.24, 2.45) is 5.92 Å². The highest BCUT2D eigenvalue weighted by Gasteiger charge is 2.10. The normalized spacial score (nSPS) is 19.2. The van der Waals surface area contributed by atoms with E-state index in [0.717, 1.165) is 12.5 Å². The first-order valence-corrected chi connectivity index (χ1v) is 7.41. The van der Waals surface area contributed by atoms with Gasteiger partial charge in [0, 0.05) is 17.6 Å². The van der Waals surface area contributed by atoms with Gasteiger partial charge in [-0.1, -0.05) is 32.1 Å². The Balaban J connectivity index is 1.64. The van der Waals surface area contributed by atoms with Crippen LogP contribution in [0, 0.1) is 5.92 Å². The van der Waals surface area contributed by atoms with Crippen molar-refractivity contribution >= 4 is 11.3 Å². The fourth-order valence-electron chi connectivity index (χ4n) is 2.47. The number of nitrogens with zero attached hydrogens (tertiary/aromatic N) is 1. The molecular formula is C13H22N2S. The summed E-state index contributed by atoms with van der Waals surface area (Å²) in [5.74, 6) is 0.910. The molecule has 0 amide bonds. The Morgan fingerprint density at radius 3 is 2.62 bits per heavy atom. The summed E-state index contributed by atoms with van der Waals surface area (Å²) in [6.45, 7) is 2.19. The van der Waals surface area contributed by atoms with Gasteiger partial charge in [0.1, 0.15) is 0 Å². The van der Waals surface area contributed by atoms with Gasteiger partial charge in [-0.3, -0.25) is 4.98 Å². The van der Waals surface area contributed by atoms with E-state index in [4.69, 9.17) is 0 Å². The predicted octanol–water partition coefficient (Wildman–Crippen LogP) is 3.59. The molecule has 0 unspecified atom stereocenters. The van der Waals surface area contributed by atoms with E-state index in [1.54, 1.807) is 11.3 Å². The Bertz CT molecular complexity index is 263. The molecule has 1 N–H and O–H groups in total. The second-order valence-corrected chi connectivity index (χ2v) is 5.78. The molecule has 1 aliphatic carbocycles. The van der Waals surface area contributed by atoms with Gasteiger partial charge in [-0.2, -0.15) is 0 Å². The average Bonchev–Trinajstić information content (AvgIpc) is 2.73. The van der Waals surface area contributed by atoms with E-state index in [1.807, 2.05) is 11.7 Å². The summed E-state index contributed by atoms with van der Waals surface area (Å²) in [4.78, 5) is 5.45. The first-order valence-electron chi connectivity index (χ1n) is 6.53. The minimum atomic E-state index is 0.910. The third-order valence-electron chi connectivity index (χ3n) is 3.44. The van der Waals surface area contributed by atoms with Crippen LogP contribution in [0.25, 0.3) is 0 Å². The number of hydrogen-bond acceptors (Lipinski definition) is 3. The summed E-state index contributed by atoms with van der Waals surface area (Å²) in [6, 6.07) is 0. The number of nitrogens with one attached hydrogen (secondary N) is 1. The molecule has 1 aromatic heterocycles. The molecule has 2 rings (SSSR count). The van der Waals surface area contributed by atoms with Crippen molar-refractivity contribution in [3.8, 4) is 0 Å². The van der Waals surface area contributed by atoms with Crippen LogP contribution >= 0.6 is 11.3 Å². The quantitative estimate of drug-likeness (QED) is 0.867. The number of thiazole rings is 1. The molecule has 1 aromatic rings. The second-order valence-electron chi connectivity index (χ2n) is 4.81. The lowest BCUT2D eigenvalue weighted by molar-refractivity contribution is 0.361. The van der Waals surface area contributed by atoms with E-state index < -0.39 is 0 Å². The number of aromatic nitrogens is 1.